The van der Waals surface area contributed by atoms with Crippen LogP contribution in [-0.4, -0.2) is 136 Å². The standard InChI is InChI=1S/C46H71NO15/c1-29(2)43(55)57-27-34-37(50)39(52)41(54)45(60-34)62-42-40(53)38(51)35(28-58-44(56)30(3)4)61-46(42)59-31(5)19-17-15-13-11-9-7-6-8-10-12-14-16-18-20-36(49)47-26-25-32-21-23-33(48)24-22-32/h6-7,21-24,31,34-35,37-42,45-46,48,50-54H,1,3,8-20,25-28H2,2,4-5H3,(H,47,49)/b7-6+/t31?,34-,35-,37-,38-,39+,40+,41-,42-,45+,46-/m1/s1. The molecule has 2 fully saturated rings. The van der Waals surface area contributed by atoms with Gasteiger partial charge in [0.1, 0.15) is 67.8 Å². The molecule has 350 valence electrons. The Morgan fingerprint density at radius 1 is 0.710 bits per heavy atom. The first-order valence-corrected chi connectivity index (χ1v) is 22.0. The highest BCUT2D eigenvalue weighted by atomic mass is 16.8. The highest BCUT2D eigenvalue weighted by molar-refractivity contribution is 5.87. The van der Waals surface area contributed by atoms with Crippen molar-refractivity contribution in [2.75, 3.05) is 19.8 Å². The molecule has 0 aliphatic carbocycles. The van der Waals surface area contributed by atoms with E-state index in [4.69, 9.17) is 28.4 Å². The van der Waals surface area contributed by atoms with Crippen LogP contribution in [0.2, 0.25) is 0 Å². The second-order valence-corrected chi connectivity index (χ2v) is 16.4. The van der Waals surface area contributed by atoms with E-state index in [1.807, 2.05) is 19.1 Å². The lowest BCUT2D eigenvalue weighted by Gasteiger charge is -2.46. The van der Waals surface area contributed by atoms with Crippen molar-refractivity contribution in [3.8, 4) is 5.75 Å². The Morgan fingerprint density at radius 3 is 1.81 bits per heavy atom. The summed E-state index contributed by atoms with van der Waals surface area (Å²) in [5.74, 6) is -1.17. The predicted octanol–water partition coefficient (Wildman–Crippen LogP) is 3.96. The molecular formula is C46H71NO15. The van der Waals surface area contributed by atoms with Crippen LogP contribution < -0.4 is 5.32 Å². The van der Waals surface area contributed by atoms with Crippen molar-refractivity contribution < 1.29 is 73.4 Å². The molecule has 11 atom stereocenters. The van der Waals surface area contributed by atoms with Gasteiger partial charge in [-0.1, -0.05) is 76.0 Å². The van der Waals surface area contributed by atoms with Crippen LogP contribution in [0, 0.1) is 0 Å². The molecule has 62 heavy (non-hydrogen) atoms. The molecule has 0 bridgehead atoms. The van der Waals surface area contributed by atoms with E-state index in [1.165, 1.54) is 13.8 Å². The van der Waals surface area contributed by atoms with Crippen molar-refractivity contribution in [2.45, 2.75) is 178 Å². The molecule has 2 aliphatic rings. The van der Waals surface area contributed by atoms with Crippen molar-refractivity contribution in [1.82, 2.24) is 5.32 Å². The maximum atomic E-state index is 12.1. The van der Waals surface area contributed by atoms with Crippen molar-refractivity contribution in [1.29, 1.82) is 0 Å². The zero-order valence-electron chi connectivity index (χ0n) is 36.6. The number of esters is 2. The molecular weight excluding hydrogens is 806 g/mol. The Bertz CT molecular complexity index is 1550. The largest absolute Gasteiger partial charge is 0.508 e. The smallest absolute Gasteiger partial charge is 0.333 e. The van der Waals surface area contributed by atoms with Crippen LogP contribution in [0.25, 0.3) is 0 Å². The van der Waals surface area contributed by atoms with E-state index in [-0.39, 0.29) is 22.8 Å². The van der Waals surface area contributed by atoms with Gasteiger partial charge in [-0.15, -0.1) is 0 Å². The van der Waals surface area contributed by atoms with Crippen LogP contribution in [0.1, 0.15) is 110 Å². The third kappa shape index (κ3) is 18.6. The number of nitrogens with one attached hydrogen (secondary N) is 1. The van der Waals surface area contributed by atoms with E-state index in [9.17, 15) is 45.0 Å². The lowest BCUT2D eigenvalue weighted by Crippen LogP contribution is -2.65. The molecule has 0 saturated carbocycles. The number of aliphatic hydroxyl groups excluding tert-OH is 5. The number of ether oxygens (including phenoxy) is 6. The molecule has 1 unspecified atom stereocenters. The number of carbonyl (C=O) groups excluding carboxylic acids is 3. The van der Waals surface area contributed by atoms with Crippen molar-refractivity contribution >= 4 is 17.8 Å². The number of hydrogen-bond acceptors (Lipinski definition) is 15. The summed E-state index contributed by atoms with van der Waals surface area (Å²) in [6.45, 7) is 11.4. The molecule has 7 N–H and O–H groups in total. The van der Waals surface area contributed by atoms with Crippen LogP contribution in [0.15, 0.2) is 60.7 Å². The van der Waals surface area contributed by atoms with Gasteiger partial charge in [0.2, 0.25) is 5.91 Å². The first-order chi connectivity index (χ1) is 29.6. The molecule has 2 aliphatic heterocycles. The normalized spacial score (nSPS) is 26.8. The monoisotopic (exact) mass is 877 g/mol. The molecule has 1 aromatic carbocycles. The lowest BCUT2D eigenvalue weighted by molar-refractivity contribution is -0.371. The maximum absolute atomic E-state index is 12.1. The minimum atomic E-state index is -1.82. The first-order valence-electron chi connectivity index (χ1n) is 22.0. The number of aliphatic hydroxyl groups is 5. The summed E-state index contributed by atoms with van der Waals surface area (Å²) >= 11 is 0. The summed E-state index contributed by atoms with van der Waals surface area (Å²) < 4.78 is 34.0. The summed E-state index contributed by atoms with van der Waals surface area (Å²) in [6.07, 6.45) is 1.35. The van der Waals surface area contributed by atoms with Gasteiger partial charge in [0, 0.05) is 24.1 Å². The SMILES string of the molecule is C=C(C)C(=O)OC[C@H]1O[C@@H](O[C@H]2[C@H](OC(C)CCCCCC/C=C/CCCCCCCC(=O)NCCc3ccc(O)cc3)O[C@H](COC(=O)C(=C)C)[C@@H](O)[C@@H]2O)[C@H](O)[C@@H](O)[C@@H]1O. The Labute approximate surface area is 365 Å². The second-order valence-electron chi connectivity index (χ2n) is 16.4. The first kappa shape index (κ1) is 52.6. The van der Waals surface area contributed by atoms with E-state index in [2.05, 4.69) is 30.6 Å². The molecule has 0 radical (unpaired) electrons. The predicted molar refractivity (Wildman–Crippen MR) is 228 cm³/mol. The van der Waals surface area contributed by atoms with Gasteiger partial charge in [0.15, 0.2) is 12.6 Å². The van der Waals surface area contributed by atoms with Gasteiger partial charge in [-0.2, -0.15) is 0 Å². The summed E-state index contributed by atoms with van der Waals surface area (Å²) in [5.41, 5.74) is 1.29. The van der Waals surface area contributed by atoms with E-state index >= 15 is 0 Å². The molecule has 16 heteroatoms. The zero-order valence-corrected chi connectivity index (χ0v) is 36.6. The minimum Gasteiger partial charge on any atom is -0.508 e. The molecule has 0 spiro atoms. The van der Waals surface area contributed by atoms with Gasteiger partial charge in [0.05, 0.1) is 6.10 Å². The average Bonchev–Trinajstić information content (AvgIpc) is 3.24. The van der Waals surface area contributed by atoms with Gasteiger partial charge < -0.3 is 64.4 Å². The number of hydrogen-bond donors (Lipinski definition) is 7. The number of aromatic hydroxyl groups is 1. The van der Waals surface area contributed by atoms with Crippen LogP contribution in [-0.2, 0) is 49.2 Å². The average molecular weight is 878 g/mol. The molecule has 3 rings (SSSR count). The summed E-state index contributed by atoms with van der Waals surface area (Å²) in [7, 11) is 0. The third-order valence-electron chi connectivity index (χ3n) is 10.8. The Hall–Kier alpha value is -3.71. The number of phenolic OH excluding ortho intramolecular Hbond substituents is 1. The third-order valence-corrected chi connectivity index (χ3v) is 10.8. The molecule has 2 saturated heterocycles. The summed E-state index contributed by atoms with van der Waals surface area (Å²) in [6, 6.07) is 7.01. The Balaban J connectivity index is 1.36. The maximum Gasteiger partial charge on any atom is 0.333 e. The van der Waals surface area contributed by atoms with Gasteiger partial charge in [-0.25, -0.2) is 9.59 Å². The number of benzene rings is 1. The minimum absolute atomic E-state index is 0.0804. The van der Waals surface area contributed by atoms with Crippen molar-refractivity contribution in [2.24, 2.45) is 0 Å². The van der Waals surface area contributed by atoms with E-state index < -0.39 is 92.7 Å². The Morgan fingerprint density at radius 2 is 1.23 bits per heavy atom. The van der Waals surface area contributed by atoms with E-state index in [0.29, 0.717) is 19.4 Å². The molecule has 1 amide bonds. The zero-order chi connectivity index (χ0) is 45.6. The molecule has 0 aromatic heterocycles. The van der Waals surface area contributed by atoms with Crippen LogP contribution >= 0.6 is 0 Å². The number of unbranched alkanes of at least 4 members (excludes halogenated alkanes) is 9. The number of amides is 1. The fraction of sp³-hybridized carbons (Fsp3) is 0.674. The van der Waals surface area contributed by atoms with Crippen LogP contribution in [0.5, 0.6) is 5.75 Å². The quantitative estimate of drug-likeness (QED) is 0.0273. The van der Waals surface area contributed by atoms with Gasteiger partial charge in [0.25, 0.3) is 0 Å². The highest BCUT2D eigenvalue weighted by Crippen LogP contribution is 2.31. The van der Waals surface area contributed by atoms with Crippen LogP contribution in [0.3, 0.4) is 0 Å². The fourth-order valence-electron chi connectivity index (χ4n) is 6.94. The highest BCUT2D eigenvalue weighted by Gasteiger charge is 2.51. The topological polar surface area (TPSA) is 240 Å². The Kier molecular flexibility index (Phi) is 23.9. The van der Waals surface area contributed by atoms with Crippen molar-refractivity contribution in [3.05, 3.63) is 66.3 Å². The van der Waals surface area contributed by atoms with Gasteiger partial charge in [-0.3, -0.25) is 4.79 Å². The molecule has 16 nitrogen and oxygen atoms in total. The van der Waals surface area contributed by atoms with E-state index in [1.54, 1.807) is 12.1 Å². The van der Waals surface area contributed by atoms with E-state index in [0.717, 1.165) is 82.6 Å². The van der Waals surface area contributed by atoms with Crippen LogP contribution in [0.4, 0.5) is 0 Å². The second kappa shape index (κ2) is 28.2. The number of phenols is 1. The summed E-state index contributed by atoms with van der Waals surface area (Å²) in [5, 5.41) is 66.3. The fourth-order valence-corrected chi connectivity index (χ4v) is 6.94. The van der Waals surface area contributed by atoms with Gasteiger partial charge in [-0.05, 0) is 83.4 Å². The lowest BCUT2D eigenvalue weighted by atomic mass is 9.97. The summed E-state index contributed by atoms with van der Waals surface area (Å²) in [4.78, 5) is 36.1. The number of allylic oxidation sites excluding steroid dienone is 2. The van der Waals surface area contributed by atoms with Crippen molar-refractivity contribution in [3.63, 3.8) is 0 Å². The molecule has 2 heterocycles. The molecule has 1 aromatic rings. The number of rotatable bonds is 28. The van der Waals surface area contributed by atoms with Gasteiger partial charge >= 0.3 is 11.9 Å². The number of carbonyl (C=O) groups is 3.